The molecule has 0 bridgehead atoms. The van der Waals surface area contributed by atoms with Crippen LogP contribution in [0.25, 0.3) is 0 Å². The molecule has 2 N–H and O–H groups in total. The molecular formula is C18H30N4O2. The zero-order chi connectivity index (χ0) is 16.9. The normalized spacial score (nSPS) is 22.9. The second kappa shape index (κ2) is 8.01. The molecule has 6 nitrogen and oxygen atoms in total. The molecule has 0 aromatic carbocycles. The average Bonchev–Trinajstić information content (AvgIpc) is 3.26. The van der Waals surface area contributed by atoms with E-state index in [9.17, 15) is 9.59 Å². The Labute approximate surface area is 144 Å². The quantitative estimate of drug-likeness (QED) is 0.723. The lowest BCUT2D eigenvalue weighted by atomic mass is 10.2. The molecule has 3 amide bonds. The number of carbonyl (C=O) groups excluding carboxylic acids is 2. The molecule has 0 aromatic heterocycles. The number of nitrogens with zero attached hydrogens (tertiary/aromatic N) is 2. The molecule has 0 aromatic rings. The maximum Gasteiger partial charge on any atom is 0.317 e. The minimum absolute atomic E-state index is 0.0309. The Kier molecular flexibility index (Phi) is 5.76. The third-order valence-corrected chi connectivity index (χ3v) is 5.31. The van der Waals surface area contributed by atoms with E-state index in [1.807, 2.05) is 11.8 Å². The van der Waals surface area contributed by atoms with E-state index in [0.717, 1.165) is 38.9 Å². The van der Waals surface area contributed by atoms with Gasteiger partial charge in [0, 0.05) is 38.8 Å². The van der Waals surface area contributed by atoms with Gasteiger partial charge in [-0.3, -0.25) is 9.69 Å². The largest absolute Gasteiger partial charge is 0.352 e. The minimum Gasteiger partial charge on any atom is -0.352 e. The fourth-order valence-corrected chi connectivity index (χ4v) is 3.43. The molecule has 1 atom stereocenters. The highest BCUT2D eigenvalue weighted by Crippen LogP contribution is 2.20. The van der Waals surface area contributed by atoms with Crippen molar-refractivity contribution in [2.75, 3.05) is 32.7 Å². The number of hydrogen-bond donors (Lipinski definition) is 2. The summed E-state index contributed by atoms with van der Waals surface area (Å²) in [7, 11) is 0. The number of piperazine rings is 1. The van der Waals surface area contributed by atoms with Crippen LogP contribution in [-0.4, -0.2) is 66.5 Å². The number of hydrogen-bond acceptors (Lipinski definition) is 3. The van der Waals surface area contributed by atoms with Crippen LogP contribution >= 0.6 is 0 Å². The third kappa shape index (κ3) is 4.72. The molecule has 0 unspecified atom stereocenters. The van der Waals surface area contributed by atoms with Gasteiger partial charge >= 0.3 is 6.03 Å². The summed E-state index contributed by atoms with van der Waals surface area (Å²) in [6, 6.07) is 0.329. The van der Waals surface area contributed by atoms with Crippen molar-refractivity contribution in [3.05, 3.63) is 11.6 Å². The van der Waals surface area contributed by atoms with Crippen LogP contribution in [-0.2, 0) is 4.79 Å². The van der Waals surface area contributed by atoms with Crippen molar-refractivity contribution in [1.29, 1.82) is 0 Å². The summed E-state index contributed by atoms with van der Waals surface area (Å²) in [5.74, 6) is 0.125. The Morgan fingerprint density at radius 3 is 2.62 bits per heavy atom. The fraction of sp³-hybridized carbons (Fsp3) is 0.778. The summed E-state index contributed by atoms with van der Waals surface area (Å²) < 4.78 is 0. The van der Waals surface area contributed by atoms with Gasteiger partial charge in [0.15, 0.2) is 0 Å². The lowest BCUT2D eigenvalue weighted by Gasteiger charge is -2.37. The van der Waals surface area contributed by atoms with Gasteiger partial charge in [0.2, 0.25) is 5.91 Å². The molecule has 3 aliphatic rings. The predicted molar refractivity (Wildman–Crippen MR) is 93.7 cm³/mol. The third-order valence-electron chi connectivity index (χ3n) is 5.31. The molecule has 1 heterocycles. The van der Waals surface area contributed by atoms with Crippen molar-refractivity contribution in [1.82, 2.24) is 20.4 Å². The number of allylic oxidation sites excluding steroid dienone is 1. The summed E-state index contributed by atoms with van der Waals surface area (Å²) in [5, 5.41) is 6.09. The van der Waals surface area contributed by atoms with Crippen LogP contribution in [0.15, 0.2) is 11.6 Å². The number of urea groups is 1. The Bertz CT molecular complexity index is 493. The maximum atomic E-state index is 12.2. The smallest absolute Gasteiger partial charge is 0.317 e. The van der Waals surface area contributed by atoms with Gasteiger partial charge in [0.05, 0.1) is 6.04 Å². The van der Waals surface area contributed by atoms with Crippen LogP contribution in [0.4, 0.5) is 4.79 Å². The molecule has 1 saturated heterocycles. The molecule has 2 aliphatic carbocycles. The molecule has 3 rings (SSSR count). The van der Waals surface area contributed by atoms with Crippen LogP contribution in [0, 0.1) is 0 Å². The average molecular weight is 334 g/mol. The number of nitrogens with one attached hydrogen (secondary N) is 2. The standard InChI is InChI=1S/C18H30N4O2/c1-14(17(23)20-16-6-7-16)21-10-12-22(13-11-21)18(24)19-9-8-15-4-2-3-5-15/h4,14,16H,2-3,5-13H2,1H3,(H,19,24)(H,20,23)/t14-/m0/s1. The molecule has 24 heavy (non-hydrogen) atoms. The van der Waals surface area contributed by atoms with E-state index >= 15 is 0 Å². The second-order valence-corrected chi connectivity index (χ2v) is 7.22. The number of rotatable bonds is 6. The summed E-state index contributed by atoms with van der Waals surface area (Å²) in [6.07, 6.45) is 9.15. The fourth-order valence-electron chi connectivity index (χ4n) is 3.43. The van der Waals surface area contributed by atoms with Crippen molar-refractivity contribution in [3.63, 3.8) is 0 Å². The highest BCUT2D eigenvalue weighted by molar-refractivity contribution is 5.82. The number of amides is 3. The van der Waals surface area contributed by atoms with E-state index in [-0.39, 0.29) is 18.0 Å². The highest BCUT2D eigenvalue weighted by atomic mass is 16.2. The molecule has 0 spiro atoms. The first-order chi connectivity index (χ1) is 11.6. The summed E-state index contributed by atoms with van der Waals surface area (Å²) in [5.41, 5.74) is 1.48. The molecule has 0 radical (unpaired) electrons. The number of carbonyl (C=O) groups is 2. The lowest BCUT2D eigenvalue weighted by molar-refractivity contribution is -0.126. The SMILES string of the molecule is C[C@@H](C(=O)NC1CC1)N1CCN(C(=O)NCCC2=CCCC2)CC1. The van der Waals surface area contributed by atoms with Crippen LogP contribution in [0.3, 0.4) is 0 Å². The Balaban J connectivity index is 1.34. The van der Waals surface area contributed by atoms with Crippen molar-refractivity contribution in [2.24, 2.45) is 0 Å². The molecule has 1 aliphatic heterocycles. The van der Waals surface area contributed by atoms with E-state index in [2.05, 4.69) is 21.6 Å². The minimum atomic E-state index is -0.106. The lowest BCUT2D eigenvalue weighted by Crippen LogP contribution is -2.56. The molecule has 2 fully saturated rings. The Morgan fingerprint density at radius 2 is 2.00 bits per heavy atom. The summed E-state index contributed by atoms with van der Waals surface area (Å²) in [4.78, 5) is 28.4. The van der Waals surface area contributed by atoms with Crippen LogP contribution < -0.4 is 10.6 Å². The van der Waals surface area contributed by atoms with Gasteiger partial charge in [-0.2, -0.15) is 0 Å². The van der Waals surface area contributed by atoms with Crippen molar-refractivity contribution >= 4 is 11.9 Å². The first-order valence-corrected chi connectivity index (χ1v) is 9.38. The first-order valence-electron chi connectivity index (χ1n) is 9.38. The van der Waals surface area contributed by atoms with E-state index in [0.29, 0.717) is 19.1 Å². The van der Waals surface area contributed by atoms with Gasteiger partial charge < -0.3 is 15.5 Å². The van der Waals surface area contributed by atoms with Crippen LogP contribution in [0.2, 0.25) is 0 Å². The zero-order valence-electron chi connectivity index (χ0n) is 14.7. The van der Waals surface area contributed by atoms with Crippen LogP contribution in [0.1, 0.15) is 45.4 Å². The summed E-state index contributed by atoms with van der Waals surface area (Å²) >= 11 is 0. The van der Waals surface area contributed by atoms with Gasteiger partial charge in [-0.15, -0.1) is 0 Å². The van der Waals surface area contributed by atoms with Gasteiger partial charge in [-0.25, -0.2) is 4.79 Å². The molecule has 6 heteroatoms. The van der Waals surface area contributed by atoms with Crippen molar-refractivity contribution < 1.29 is 9.59 Å². The Hall–Kier alpha value is -1.56. The molecule has 134 valence electrons. The summed E-state index contributed by atoms with van der Waals surface area (Å²) in [6.45, 7) is 5.59. The van der Waals surface area contributed by atoms with E-state index in [4.69, 9.17) is 0 Å². The highest BCUT2D eigenvalue weighted by Gasteiger charge is 2.30. The van der Waals surface area contributed by atoms with E-state index in [1.54, 1.807) is 0 Å². The van der Waals surface area contributed by atoms with Gasteiger partial charge in [0.1, 0.15) is 0 Å². The van der Waals surface area contributed by atoms with E-state index < -0.39 is 0 Å². The zero-order valence-corrected chi connectivity index (χ0v) is 14.7. The monoisotopic (exact) mass is 334 g/mol. The van der Waals surface area contributed by atoms with Crippen molar-refractivity contribution in [2.45, 2.75) is 57.5 Å². The first kappa shape index (κ1) is 17.3. The maximum absolute atomic E-state index is 12.2. The van der Waals surface area contributed by atoms with E-state index in [1.165, 1.54) is 24.8 Å². The van der Waals surface area contributed by atoms with Crippen LogP contribution in [0.5, 0.6) is 0 Å². The molecular weight excluding hydrogens is 304 g/mol. The molecule has 1 saturated carbocycles. The van der Waals surface area contributed by atoms with Gasteiger partial charge in [-0.05, 0) is 45.4 Å². The second-order valence-electron chi connectivity index (χ2n) is 7.22. The predicted octanol–water partition coefficient (Wildman–Crippen LogP) is 1.48. The van der Waals surface area contributed by atoms with Crippen molar-refractivity contribution in [3.8, 4) is 0 Å². The Morgan fingerprint density at radius 1 is 1.25 bits per heavy atom. The van der Waals surface area contributed by atoms with Gasteiger partial charge in [0.25, 0.3) is 0 Å². The van der Waals surface area contributed by atoms with Gasteiger partial charge in [-0.1, -0.05) is 11.6 Å². The topological polar surface area (TPSA) is 64.7 Å².